The van der Waals surface area contributed by atoms with Crippen molar-refractivity contribution in [3.05, 3.63) is 72.9 Å². The van der Waals surface area contributed by atoms with Crippen LogP contribution < -0.4 is 0 Å². The summed E-state index contributed by atoms with van der Waals surface area (Å²) in [6, 6.07) is 0. The van der Waals surface area contributed by atoms with Gasteiger partial charge >= 0.3 is 17.9 Å². The third kappa shape index (κ3) is 57.6. The van der Waals surface area contributed by atoms with Crippen LogP contribution in [0.1, 0.15) is 303 Å². The van der Waals surface area contributed by atoms with Gasteiger partial charge in [-0.15, -0.1) is 0 Å². The lowest BCUT2D eigenvalue weighted by molar-refractivity contribution is -0.166. The summed E-state index contributed by atoms with van der Waals surface area (Å²) in [6.07, 6.45) is 76.5. The van der Waals surface area contributed by atoms with Gasteiger partial charge in [0.1, 0.15) is 13.2 Å². The van der Waals surface area contributed by atoms with E-state index >= 15 is 0 Å². The Balaban J connectivity index is 4.37. The molecule has 0 saturated heterocycles. The van der Waals surface area contributed by atoms with Crippen LogP contribution in [0.2, 0.25) is 0 Å². The molecule has 0 N–H and O–H groups in total. The summed E-state index contributed by atoms with van der Waals surface area (Å²) in [4.78, 5) is 38.1. The highest BCUT2D eigenvalue weighted by Gasteiger charge is 2.19. The zero-order chi connectivity index (χ0) is 51.4. The highest BCUT2D eigenvalue weighted by molar-refractivity contribution is 5.72. The maximum Gasteiger partial charge on any atom is 0.310 e. The molecule has 0 rings (SSSR count). The van der Waals surface area contributed by atoms with Crippen LogP contribution in [0.25, 0.3) is 0 Å². The van der Waals surface area contributed by atoms with Crippen molar-refractivity contribution in [1.29, 1.82) is 0 Å². The van der Waals surface area contributed by atoms with Crippen LogP contribution in [-0.4, -0.2) is 37.2 Å². The van der Waals surface area contributed by atoms with Crippen molar-refractivity contribution in [2.24, 2.45) is 0 Å². The molecule has 0 aliphatic rings. The minimum absolute atomic E-state index is 0.0976. The molecule has 0 aromatic carbocycles. The van der Waals surface area contributed by atoms with E-state index in [9.17, 15) is 14.4 Å². The standard InChI is InChI=1S/C65H114O6/c1-4-7-10-13-16-19-22-25-28-29-30-31-32-33-34-35-38-40-43-46-49-52-55-58-64(67)70-61-62(71-65(68)59-56-53-50-47-44-41-37-27-24-21-18-15-12-9-6-3)60-69-63(66)57-54-51-48-45-42-39-36-26-23-20-17-14-11-8-5-2/h9,12,18,21,26-27,36-37,44,47,53,56,62H,4-8,10-11,13-17,19-20,22-25,28-35,38-43,45-46,48-52,54-55,57-61H2,1-3H3/b12-9-,21-18-,36-26-,37-27-,47-44-,56-53-. The number of carbonyl (C=O) groups excluding carboxylic acids is 3. The molecule has 0 bridgehead atoms. The first-order valence-corrected chi connectivity index (χ1v) is 30.4. The summed E-state index contributed by atoms with van der Waals surface area (Å²) in [6.45, 7) is 6.46. The van der Waals surface area contributed by atoms with Gasteiger partial charge in [-0.3, -0.25) is 14.4 Å². The van der Waals surface area contributed by atoms with E-state index in [-0.39, 0.29) is 31.6 Å². The Labute approximate surface area is 440 Å². The zero-order valence-electron chi connectivity index (χ0n) is 47.0. The third-order valence-electron chi connectivity index (χ3n) is 13.2. The molecule has 0 fully saturated rings. The molecule has 6 nitrogen and oxygen atoms in total. The van der Waals surface area contributed by atoms with Crippen LogP contribution >= 0.6 is 0 Å². The van der Waals surface area contributed by atoms with E-state index in [4.69, 9.17) is 14.2 Å². The molecule has 0 heterocycles. The average molecular weight is 992 g/mol. The second kappa shape index (κ2) is 59.4. The number of rotatable bonds is 55. The highest BCUT2D eigenvalue weighted by atomic mass is 16.6. The summed E-state index contributed by atoms with van der Waals surface area (Å²) < 4.78 is 16.8. The molecule has 0 saturated carbocycles. The van der Waals surface area contributed by atoms with E-state index in [2.05, 4.69) is 81.5 Å². The van der Waals surface area contributed by atoms with E-state index in [1.807, 2.05) is 6.08 Å². The largest absolute Gasteiger partial charge is 0.462 e. The summed E-state index contributed by atoms with van der Waals surface area (Å²) in [5, 5.41) is 0. The lowest BCUT2D eigenvalue weighted by atomic mass is 10.0. The lowest BCUT2D eigenvalue weighted by Gasteiger charge is -2.18. The Morgan fingerprint density at radius 1 is 0.310 bits per heavy atom. The normalized spacial score (nSPS) is 12.5. The number of unbranched alkanes of at least 4 members (excludes halogenated alkanes) is 33. The summed E-state index contributed by atoms with van der Waals surface area (Å²) in [7, 11) is 0. The number of hydrogen-bond donors (Lipinski definition) is 0. The molecule has 1 unspecified atom stereocenters. The molecule has 0 aromatic heterocycles. The third-order valence-corrected chi connectivity index (χ3v) is 13.2. The Morgan fingerprint density at radius 3 is 0.915 bits per heavy atom. The molecule has 0 aliphatic carbocycles. The molecule has 0 radical (unpaired) electrons. The van der Waals surface area contributed by atoms with Gasteiger partial charge in [-0.25, -0.2) is 0 Å². The van der Waals surface area contributed by atoms with Gasteiger partial charge in [0.15, 0.2) is 6.10 Å². The molecule has 6 heteroatoms. The van der Waals surface area contributed by atoms with Crippen molar-refractivity contribution in [3.63, 3.8) is 0 Å². The van der Waals surface area contributed by atoms with E-state index in [0.717, 1.165) is 83.5 Å². The van der Waals surface area contributed by atoms with Gasteiger partial charge in [0.05, 0.1) is 6.42 Å². The van der Waals surface area contributed by atoms with Crippen molar-refractivity contribution in [2.45, 2.75) is 309 Å². The van der Waals surface area contributed by atoms with Gasteiger partial charge in [0.2, 0.25) is 0 Å². The fraction of sp³-hybridized carbons (Fsp3) is 0.769. The van der Waals surface area contributed by atoms with Gasteiger partial charge in [-0.05, 0) is 70.6 Å². The maximum absolute atomic E-state index is 12.8. The molecule has 71 heavy (non-hydrogen) atoms. The molecule has 0 aromatic rings. The Hall–Kier alpha value is -3.15. The molecule has 1 atom stereocenters. The molecule has 410 valence electrons. The number of ether oxygens (including phenoxy) is 3. The van der Waals surface area contributed by atoms with Gasteiger partial charge in [-0.2, -0.15) is 0 Å². The monoisotopic (exact) mass is 991 g/mol. The van der Waals surface area contributed by atoms with Gasteiger partial charge in [-0.1, -0.05) is 286 Å². The van der Waals surface area contributed by atoms with Crippen LogP contribution in [-0.2, 0) is 28.6 Å². The van der Waals surface area contributed by atoms with Crippen molar-refractivity contribution < 1.29 is 28.6 Å². The van der Waals surface area contributed by atoms with Crippen LogP contribution in [0.5, 0.6) is 0 Å². The number of carbonyl (C=O) groups is 3. The van der Waals surface area contributed by atoms with Gasteiger partial charge < -0.3 is 14.2 Å². The van der Waals surface area contributed by atoms with Crippen molar-refractivity contribution >= 4 is 17.9 Å². The van der Waals surface area contributed by atoms with Crippen molar-refractivity contribution in [3.8, 4) is 0 Å². The van der Waals surface area contributed by atoms with Crippen LogP contribution in [0.4, 0.5) is 0 Å². The summed E-state index contributed by atoms with van der Waals surface area (Å²) in [5.74, 6) is -1.04. The Morgan fingerprint density at radius 2 is 0.592 bits per heavy atom. The van der Waals surface area contributed by atoms with Gasteiger partial charge in [0, 0.05) is 12.8 Å². The SMILES string of the molecule is CC/C=C\C/C=C\C/C=C\C/C=C\C/C=C\CC(=O)OC(COC(=O)CCCCCCC/C=C\CCCCCCCC)COC(=O)CCCCCCCCCCCCCCCCCCCCCCCCC. The zero-order valence-corrected chi connectivity index (χ0v) is 47.0. The van der Waals surface area contributed by atoms with Crippen LogP contribution in [0.3, 0.4) is 0 Å². The van der Waals surface area contributed by atoms with E-state index in [1.54, 1.807) is 6.08 Å². The first-order chi connectivity index (χ1) is 35.0. The van der Waals surface area contributed by atoms with E-state index < -0.39 is 12.1 Å². The molecular formula is C65H114O6. The lowest BCUT2D eigenvalue weighted by Crippen LogP contribution is -2.30. The number of allylic oxidation sites excluding steroid dienone is 11. The quantitative estimate of drug-likeness (QED) is 0.0261. The summed E-state index contributed by atoms with van der Waals surface area (Å²) in [5.41, 5.74) is 0. The molecule has 0 amide bonds. The topological polar surface area (TPSA) is 78.9 Å². The Bertz CT molecular complexity index is 1320. The van der Waals surface area contributed by atoms with Crippen LogP contribution in [0.15, 0.2) is 72.9 Å². The fourth-order valence-corrected chi connectivity index (χ4v) is 8.69. The van der Waals surface area contributed by atoms with E-state index in [0.29, 0.717) is 12.8 Å². The minimum Gasteiger partial charge on any atom is -0.462 e. The summed E-state index contributed by atoms with van der Waals surface area (Å²) >= 11 is 0. The predicted octanol–water partition coefficient (Wildman–Crippen LogP) is 20.5. The average Bonchev–Trinajstić information content (AvgIpc) is 3.37. The predicted molar refractivity (Wildman–Crippen MR) is 307 cm³/mol. The maximum atomic E-state index is 12.8. The smallest absolute Gasteiger partial charge is 0.310 e. The number of esters is 3. The molecule has 0 aliphatic heterocycles. The molecule has 0 spiro atoms. The molecular weight excluding hydrogens is 877 g/mol. The van der Waals surface area contributed by atoms with E-state index in [1.165, 1.54) is 180 Å². The second-order valence-corrected chi connectivity index (χ2v) is 20.3. The highest BCUT2D eigenvalue weighted by Crippen LogP contribution is 2.17. The fourth-order valence-electron chi connectivity index (χ4n) is 8.69. The Kier molecular flexibility index (Phi) is 56.8. The van der Waals surface area contributed by atoms with Crippen LogP contribution in [0, 0.1) is 0 Å². The van der Waals surface area contributed by atoms with Crippen molar-refractivity contribution in [1.82, 2.24) is 0 Å². The van der Waals surface area contributed by atoms with Crippen molar-refractivity contribution in [2.75, 3.05) is 13.2 Å². The second-order valence-electron chi connectivity index (χ2n) is 20.3. The first-order valence-electron chi connectivity index (χ1n) is 30.4. The minimum atomic E-state index is -0.832. The number of hydrogen-bond acceptors (Lipinski definition) is 6. The van der Waals surface area contributed by atoms with Gasteiger partial charge in [0.25, 0.3) is 0 Å². The first kappa shape index (κ1) is 67.8.